The third kappa shape index (κ3) is 5.02. The van der Waals surface area contributed by atoms with Crippen molar-refractivity contribution in [3.8, 4) is 10.4 Å². The van der Waals surface area contributed by atoms with E-state index in [-0.39, 0.29) is 11.9 Å². The van der Waals surface area contributed by atoms with Crippen molar-refractivity contribution in [1.29, 1.82) is 0 Å². The van der Waals surface area contributed by atoms with Gasteiger partial charge < -0.3 is 14.8 Å². The first kappa shape index (κ1) is 24.1. The van der Waals surface area contributed by atoms with Gasteiger partial charge in [0.25, 0.3) is 0 Å². The van der Waals surface area contributed by atoms with E-state index in [4.69, 9.17) is 4.42 Å². The first-order valence-corrected chi connectivity index (χ1v) is 11.9. The quantitative estimate of drug-likeness (QED) is 0.340. The molecule has 1 saturated carbocycles. The zero-order valence-corrected chi connectivity index (χ0v) is 19.8. The third-order valence-electron chi connectivity index (χ3n) is 6.08. The molecule has 0 bridgehead atoms. The number of hydrogen-bond acceptors (Lipinski definition) is 9. The first-order valence-electron chi connectivity index (χ1n) is 11.1. The summed E-state index contributed by atoms with van der Waals surface area (Å²) in [6.07, 6.45) is 0.226. The van der Waals surface area contributed by atoms with E-state index in [0.717, 1.165) is 28.3 Å². The normalized spacial score (nSPS) is 20.4. The number of benzene rings is 1. The summed E-state index contributed by atoms with van der Waals surface area (Å²) in [5.41, 5.74) is 0.0593. The van der Waals surface area contributed by atoms with Crippen LogP contribution in [0.5, 0.6) is 0 Å². The predicted molar refractivity (Wildman–Crippen MR) is 125 cm³/mol. The van der Waals surface area contributed by atoms with Crippen molar-refractivity contribution in [2.45, 2.75) is 50.3 Å². The Balaban J connectivity index is 1.34. The number of anilines is 2. The molecule has 1 fully saturated rings. The molecule has 1 aliphatic rings. The molecule has 3 heterocycles. The van der Waals surface area contributed by atoms with E-state index in [1.807, 2.05) is 13.0 Å². The monoisotopic (exact) mass is 518 g/mol. The third-order valence-corrected chi connectivity index (χ3v) is 7.32. The van der Waals surface area contributed by atoms with Gasteiger partial charge in [0.2, 0.25) is 11.8 Å². The fraction of sp³-hybridized carbons (Fsp3) is 0.348. The summed E-state index contributed by atoms with van der Waals surface area (Å²) in [5.74, 6) is -0.453. The summed E-state index contributed by atoms with van der Waals surface area (Å²) in [4.78, 5) is 23.9. The lowest BCUT2D eigenvalue weighted by Gasteiger charge is -2.33. The number of nitrogens with zero attached hydrogens (tertiary/aromatic N) is 4. The van der Waals surface area contributed by atoms with Gasteiger partial charge >= 0.3 is 11.9 Å². The van der Waals surface area contributed by atoms with Crippen molar-refractivity contribution >= 4 is 23.0 Å². The van der Waals surface area contributed by atoms with E-state index in [9.17, 15) is 23.1 Å². The standard InChI is InChI=1S/C23H21F3N6O3S/c1-12-8-14(10-15(9-12)29-20-27-7-4-17(30-20)23(24,25)26)16-11-28-19(36-16)22(34)5-2-13(3-6-22)18-31-32-21(33)35-18/h4,7-11,13,34H,2-3,5-6H2,1H3,(H,32,33)(H,27,29,30)/t13-,22-. The Morgan fingerprint density at radius 1 is 1.22 bits per heavy atom. The highest BCUT2D eigenvalue weighted by Gasteiger charge is 2.39. The average Bonchev–Trinajstić information content (AvgIpc) is 3.49. The molecule has 3 N–H and O–H groups in total. The van der Waals surface area contributed by atoms with Crippen LogP contribution in [0.4, 0.5) is 24.8 Å². The summed E-state index contributed by atoms with van der Waals surface area (Å²) in [5, 5.41) is 20.9. The molecule has 13 heteroatoms. The smallest absolute Gasteiger partial charge is 0.392 e. The molecule has 0 radical (unpaired) electrons. The Bertz CT molecular complexity index is 1440. The maximum absolute atomic E-state index is 13.0. The second-order valence-electron chi connectivity index (χ2n) is 8.76. The largest absolute Gasteiger partial charge is 0.434 e. The average molecular weight is 519 g/mol. The van der Waals surface area contributed by atoms with Gasteiger partial charge in [-0.15, -0.1) is 16.4 Å². The molecule has 0 spiro atoms. The molecule has 0 amide bonds. The molecule has 0 saturated heterocycles. The van der Waals surface area contributed by atoms with Gasteiger partial charge in [0.15, 0.2) is 0 Å². The van der Waals surface area contributed by atoms with Crippen LogP contribution in [0, 0.1) is 6.92 Å². The van der Waals surface area contributed by atoms with Crippen LogP contribution in [0.1, 0.15) is 53.8 Å². The zero-order valence-electron chi connectivity index (χ0n) is 19.0. The molecule has 3 aromatic heterocycles. The van der Waals surface area contributed by atoms with Gasteiger partial charge in [-0.3, -0.25) is 0 Å². The Morgan fingerprint density at radius 2 is 2.00 bits per heavy atom. The van der Waals surface area contributed by atoms with Crippen LogP contribution in [-0.4, -0.2) is 30.3 Å². The molecule has 1 aromatic carbocycles. The number of nitrogens with one attached hydrogen (secondary N) is 2. The molecule has 5 rings (SSSR count). The van der Waals surface area contributed by atoms with Crippen molar-refractivity contribution in [1.82, 2.24) is 25.1 Å². The molecular weight excluding hydrogens is 497 g/mol. The minimum absolute atomic E-state index is 0.0490. The maximum Gasteiger partial charge on any atom is 0.434 e. The van der Waals surface area contributed by atoms with Crippen molar-refractivity contribution in [3.63, 3.8) is 0 Å². The van der Waals surface area contributed by atoms with Gasteiger partial charge in [-0.25, -0.2) is 24.8 Å². The molecule has 36 heavy (non-hydrogen) atoms. The number of aliphatic hydroxyl groups is 1. The lowest BCUT2D eigenvalue weighted by Crippen LogP contribution is -2.30. The predicted octanol–water partition coefficient (Wildman–Crippen LogP) is 4.89. The fourth-order valence-corrected chi connectivity index (χ4v) is 5.35. The van der Waals surface area contributed by atoms with Crippen molar-refractivity contribution in [3.05, 3.63) is 69.4 Å². The van der Waals surface area contributed by atoms with Crippen LogP contribution in [0.25, 0.3) is 10.4 Å². The first-order chi connectivity index (χ1) is 17.1. The van der Waals surface area contributed by atoms with E-state index >= 15 is 0 Å². The van der Waals surface area contributed by atoms with Gasteiger partial charge in [-0.2, -0.15) is 13.2 Å². The van der Waals surface area contributed by atoms with Crippen LogP contribution >= 0.6 is 11.3 Å². The highest BCUT2D eigenvalue weighted by molar-refractivity contribution is 7.15. The number of halogens is 3. The second kappa shape index (κ2) is 9.13. The van der Waals surface area contributed by atoms with Gasteiger partial charge in [0, 0.05) is 24.0 Å². The van der Waals surface area contributed by atoms with E-state index in [0.29, 0.717) is 42.3 Å². The molecular formula is C23H21F3N6O3S. The Labute approximate surface area is 206 Å². The Hall–Kier alpha value is -3.58. The van der Waals surface area contributed by atoms with Gasteiger partial charge in [0.05, 0.1) is 4.88 Å². The van der Waals surface area contributed by atoms with E-state index in [1.165, 1.54) is 11.3 Å². The summed E-state index contributed by atoms with van der Waals surface area (Å²) in [6, 6.07) is 6.29. The van der Waals surface area contributed by atoms with E-state index in [1.54, 1.807) is 18.3 Å². The summed E-state index contributed by atoms with van der Waals surface area (Å²) in [6.45, 7) is 1.87. The van der Waals surface area contributed by atoms with Gasteiger partial charge in [-0.1, -0.05) is 6.07 Å². The Morgan fingerprint density at radius 3 is 2.69 bits per heavy atom. The van der Waals surface area contributed by atoms with Crippen molar-refractivity contribution in [2.75, 3.05) is 5.32 Å². The number of aromatic nitrogens is 5. The minimum Gasteiger partial charge on any atom is -0.392 e. The zero-order chi connectivity index (χ0) is 25.5. The topological polar surface area (TPSA) is 130 Å². The van der Waals surface area contributed by atoms with Crippen molar-refractivity contribution < 1.29 is 22.7 Å². The summed E-state index contributed by atoms with van der Waals surface area (Å²) in [7, 11) is 0. The van der Waals surface area contributed by atoms with Crippen LogP contribution < -0.4 is 11.1 Å². The number of rotatable bonds is 5. The van der Waals surface area contributed by atoms with Crippen LogP contribution in [-0.2, 0) is 11.8 Å². The number of aryl methyl sites for hydroxylation is 1. The maximum atomic E-state index is 13.0. The van der Waals surface area contributed by atoms with E-state index < -0.39 is 23.2 Å². The molecule has 0 aliphatic heterocycles. The molecule has 0 unspecified atom stereocenters. The lowest BCUT2D eigenvalue weighted by atomic mass is 9.79. The van der Waals surface area contributed by atoms with Gasteiger partial charge in [-0.05, 0) is 61.9 Å². The number of H-pyrrole nitrogens is 1. The fourth-order valence-electron chi connectivity index (χ4n) is 4.30. The molecule has 188 valence electrons. The summed E-state index contributed by atoms with van der Waals surface area (Å²) < 4.78 is 44.0. The number of aromatic amines is 1. The highest BCUT2D eigenvalue weighted by Crippen LogP contribution is 2.45. The minimum atomic E-state index is -4.57. The van der Waals surface area contributed by atoms with Crippen LogP contribution in [0.2, 0.25) is 0 Å². The van der Waals surface area contributed by atoms with Crippen molar-refractivity contribution in [2.24, 2.45) is 0 Å². The number of thiazole rings is 1. The highest BCUT2D eigenvalue weighted by atomic mass is 32.1. The second-order valence-corrected chi connectivity index (χ2v) is 9.79. The number of alkyl halides is 3. The molecule has 4 aromatic rings. The molecule has 0 atom stereocenters. The molecule has 1 aliphatic carbocycles. The summed E-state index contributed by atoms with van der Waals surface area (Å²) >= 11 is 1.36. The number of hydrogen-bond donors (Lipinski definition) is 3. The molecule has 9 nitrogen and oxygen atoms in total. The van der Waals surface area contributed by atoms with Crippen LogP contribution in [0.3, 0.4) is 0 Å². The lowest BCUT2D eigenvalue weighted by molar-refractivity contribution is -0.141. The SMILES string of the molecule is Cc1cc(Nc2nccc(C(F)(F)F)n2)cc(-c2cnc([C@]3(O)CC[C@H](c4n[nH]c(=O)o4)CC3)s2)c1. The van der Waals surface area contributed by atoms with Crippen LogP contribution in [0.15, 0.2) is 45.9 Å². The Kier molecular flexibility index (Phi) is 6.12. The van der Waals surface area contributed by atoms with E-state index in [2.05, 4.69) is 30.5 Å². The van der Waals surface area contributed by atoms with Gasteiger partial charge in [0.1, 0.15) is 16.3 Å².